The molecule has 0 saturated carbocycles. The molecule has 7 nitrogen and oxygen atoms in total. The van der Waals surface area contributed by atoms with Crippen molar-refractivity contribution in [1.82, 2.24) is 19.9 Å². The van der Waals surface area contributed by atoms with E-state index in [1.807, 2.05) is 37.3 Å². The Labute approximate surface area is 159 Å². The average molecular weight is 361 g/mol. The first kappa shape index (κ1) is 17.2. The Morgan fingerprint density at radius 1 is 0.889 bits per heavy atom. The van der Waals surface area contributed by atoms with Crippen LogP contribution in [-0.4, -0.2) is 46.1 Å². The highest BCUT2D eigenvalue weighted by Crippen LogP contribution is 2.19. The molecule has 1 aromatic carbocycles. The quantitative estimate of drug-likeness (QED) is 0.749. The number of nitrogens with zero attached hydrogens (tertiary/aromatic N) is 6. The van der Waals surface area contributed by atoms with Gasteiger partial charge in [0.15, 0.2) is 0 Å². The molecule has 1 saturated heterocycles. The lowest BCUT2D eigenvalue weighted by Gasteiger charge is -2.35. The van der Waals surface area contributed by atoms with Gasteiger partial charge in [0.25, 0.3) is 0 Å². The average Bonchev–Trinajstić information content (AvgIpc) is 2.73. The van der Waals surface area contributed by atoms with E-state index in [0.717, 1.165) is 56.1 Å². The summed E-state index contributed by atoms with van der Waals surface area (Å²) < 4.78 is 0. The minimum absolute atomic E-state index is 0.746. The summed E-state index contributed by atoms with van der Waals surface area (Å²) in [5.74, 6) is 3.39. The van der Waals surface area contributed by atoms with Crippen molar-refractivity contribution in [3.63, 3.8) is 0 Å². The van der Waals surface area contributed by atoms with Crippen LogP contribution in [0.25, 0.3) is 0 Å². The van der Waals surface area contributed by atoms with Crippen LogP contribution < -0.4 is 15.1 Å². The second-order valence-electron chi connectivity index (χ2n) is 6.52. The van der Waals surface area contributed by atoms with Gasteiger partial charge in [0, 0.05) is 51.2 Å². The van der Waals surface area contributed by atoms with Crippen molar-refractivity contribution >= 4 is 17.6 Å². The summed E-state index contributed by atoms with van der Waals surface area (Å²) in [6.07, 6.45) is 3.57. The van der Waals surface area contributed by atoms with Crippen LogP contribution in [0, 0.1) is 6.92 Å². The fourth-order valence-corrected chi connectivity index (χ4v) is 3.18. The SMILES string of the molecule is Cc1nc(NCc2ccccc2)cc(N2CCN(c3ncccn3)CC2)n1. The molecule has 7 heteroatoms. The maximum absolute atomic E-state index is 4.64. The molecule has 0 unspecified atom stereocenters. The summed E-state index contributed by atoms with van der Waals surface area (Å²) in [5.41, 5.74) is 1.23. The maximum atomic E-state index is 4.64. The van der Waals surface area contributed by atoms with Crippen molar-refractivity contribution in [2.75, 3.05) is 41.3 Å². The van der Waals surface area contributed by atoms with Crippen molar-refractivity contribution in [3.8, 4) is 0 Å². The van der Waals surface area contributed by atoms with E-state index in [4.69, 9.17) is 0 Å². The fraction of sp³-hybridized carbons (Fsp3) is 0.300. The predicted octanol–water partition coefficient (Wildman–Crippen LogP) is 2.51. The predicted molar refractivity (Wildman–Crippen MR) is 107 cm³/mol. The number of hydrogen-bond donors (Lipinski definition) is 1. The van der Waals surface area contributed by atoms with Crippen LogP contribution in [0.5, 0.6) is 0 Å². The van der Waals surface area contributed by atoms with E-state index in [1.54, 1.807) is 12.4 Å². The van der Waals surface area contributed by atoms with E-state index < -0.39 is 0 Å². The first-order chi connectivity index (χ1) is 13.3. The molecule has 0 radical (unpaired) electrons. The van der Waals surface area contributed by atoms with Crippen LogP contribution in [-0.2, 0) is 6.54 Å². The van der Waals surface area contributed by atoms with Gasteiger partial charge in [-0.3, -0.25) is 0 Å². The highest BCUT2D eigenvalue weighted by molar-refractivity contribution is 5.51. The molecule has 3 heterocycles. The number of piperazine rings is 1. The Hall–Kier alpha value is -3.22. The Kier molecular flexibility index (Phi) is 5.09. The standard InChI is InChI=1S/C20H23N7/c1-16-24-18(23-15-17-6-3-2-4-7-17)14-19(25-16)26-10-12-27(13-11-26)20-21-8-5-9-22-20/h2-9,14H,10-13,15H2,1H3,(H,23,24,25). The number of benzene rings is 1. The third-order valence-corrected chi connectivity index (χ3v) is 4.58. The Bertz CT molecular complexity index is 862. The molecule has 3 aromatic rings. The topological polar surface area (TPSA) is 70.1 Å². The van der Waals surface area contributed by atoms with E-state index in [0.29, 0.717) is 0 Å². The second-order valence-corrected chi connectivity index (χ2v) is 6.52. The summed E-state index contributed by atoms with van der Waals surface area (Å²) in [5, 5.41) is 3.41. The first-order valence-electron chi connectivity index (χ1n) is 9.18. The van der Waals surface area contributed by atoms with Gasteiger partial charge in [-0.2, -0.15) is 0 Å². The molecule has 138 valence electrons. The highest BCUT2D eigenvalue weighted by atomic mass is 15.3. The van der Waals surface area contributed by atoms with Gasteiger partial charge >= 0.3 is 0 Å². The molecule has 1 fully saturated rings. The maximum Gasteiger partial charge on any atom is 0.225 e. The smallest absolute Gasteiger partial charge is 0.225 e. The minimum Gasteiger partial charge on any atom is -0.366 e. The van der Waals surface area contributed by atoms with Crippen molar-refractivity contribution < 1.29 is 0 Å². The molecular weight excluding hydrogens is 338 g/mol. The molecule has 0 spiro atoms. The zero-order chi connectivity index (χ0) is 18.5. The Morgan fingerprint density at radius 3 is 2.33 bits per heavy atom. The van der Waals surface area contributed by atoms with Gasteiger partial charge < -0.3 is 15.1 Å². The molecule has 1 aliphatic heterocycles. The van der Waals surface area contributed by atoms with Crippen molar-refractivity contribution in [3.05, 3.63) is 66.2 Å². The molecule has 1 aliphatic rings. The summed E-state index contributed by atoms with van der Waals surface area (Å²) in [6.45, 7) is 6.19. The van der Waals surface area contributed by atoms with Gasteiger partial charge in [0.05, 0.1) is 0 Å². The molecule has 1 N–H and O–H groups in total. The van der Waals surface area contributed by atoms with Crippen molar-refractivity contribution in [1.29, 1.82) is 0 Å². The molecule has 2 aromatic heterocycles. The zero-order valence-electron chi connectivity index (χ0n) is 15.4. The monoisotopic (exact) mass is 361 g/mol. The van der Waals surface area contributed by atoms with E-state index in [-0.39, 0.29) is 0 Å². The number of rotatable bonds is 5. The number of anilines is 3. The molecule has 4 rings (SSSR count). The van der Waals surface area contributed by atoms with Gasteiger partial charge in [-0.05, 0) is 18.6 Å². The molecule has 27 heavy (non-hydrogen) atoms. The van der Waals surface area contributed by atoms with Crippen molar-refractivity contribution in [2.24, 2.45) is 0 Å². The van der Waals surface area contributed by atoms with Crippen molar-refractivity contribution in [2.45, 2.75) is 13.5 Å². The summed E-state index contributed by atoms with van der Waals surface area (Å²) in [4.78, 5) is 22.3. The minimum atomic E-state index is 0.746. The fourth-order valence-electron chi connectivity index (χ4n) is 3.18. The van der Waals surface area contributed by atoms with Crippen LogP contribution in [0.15, 0.2) is 54.9 Å². The Balaban J connectivity index is 1.41. The van der Waals surface area contributed by atoms with E-state index in [1.165, 1.54) is 5.56 Å². The van der Waals surface area contributed by atoms with Gasteiger partial charge in [0.1, 0.15) is 17.5 Å². The third kappa shape index (κ3) is 4.31. The number of aryl methyl sites for hydroxylation is 1. The normalized spacial score (nSPS) is 14.3. The second kappa shape index (κ2) is 7.99. The largest absolute Gasteiger partial charge is 0.366 e. The van der Waals surface area contributed by atoms with Gasteiger partial charge in [-0.15, -0.1) is 0 Å². The molecule has 0 atom stereocenters. The lowest BCUT2D eigenvalue weighted by Crippen LogP contribution is -2.47. The van der Waals surface area contributed by atoms with E-state index in [2.05, 4.69) is 47.2 Å². The lowest BCUT2D eigenvalue weighted by atomic mass is 10.2. The summed E-state index contributed by atoms with van der Waals surface area (Å²) >= 11 is 0. The number of hydrogen-bond acceptors (Lipinski definition) is 7. The number of nitrogens with one attached hydrogen (secondary N) is 1. The first-order valence-corrected chi connectivity index (χ1v) is 9.18. The number of aromatic nitrogens is 4. The Morgan fingerprint density at radius 2 is 1.59 bits per heavy atom. The molecule has 0 amide bonds. The van der Waals surface area contributed by atoms with Gasteiger partial charge in [-0.1, -0.05) is 30.3 Å². The third-order valence-electron chi connectivity index (χ3n) is 4.58. The van der Waals surface area contributed by atoms with E-state index in [9.17, 15) is 0 Å². The molecule has 0 aliphatic carbocycles. The van der Waals surface area contributed by atoms with Crippen LogP contribution in [0.3, 0.4) is 0 Å². The molecule has 0 bridgehead atoms. The molecular formula is C20H23N7. The van der Waals surface area contributed by atoms with Crippen LogP contribution in [0.1, 0.15) is 11.4 Å². The lowest BCUT2D eigenvalue weighted by molar-refractivity contribution is 0.633. The van der Waals surface area contributed by atoms with Crippen LogP contribution >= 0.6 is 0 Å². The summed E-state index contributed by atoms with van der Waals surface area (Å²) in [6, 6.07) is 14.2. The zero-order valence-corrected chi connectivity index (χ0v) is 15.4. The van der Waals surface area contributed by atoms with E-state index >= 15 is 0 Å². The van der Waals surface area contributed by atoms with Crippen LogP contribution in [0.2, 0.25) is 0 Å². The highest BCUT2D eigenvalue weighted by Gasteiger charge is 2.20. The van der Waals surface area contributed by atoms with Gasteiger partial charge in [0.2, 0.25) is 5.95 Å². The summed E-state index contributed by atoms with van der Waals surface area (Å²) in [7, 11) is 0. The van der Waals surface area contributed by atoms with Gasteiger partial charge in [-0.25, -0.2) is 19.9 Å². The van der Waals surface area contributed by atoms with Crippen LogP contribution in [0.4, 0.5) is 17.6 Å².